The molecule has 0 radical (unpaired) electrons. The van der Waals surface area contributed by atoms with Gasteiger partial charge in [0.15, 0.2) is 6.61 Å². The number of carbonyl (C=O) groups is 2. The monoisotopic (exact) mass is 415 g/mol. The van der Waals surface area contributed by atoms with E-state index in [1.165, 1.54) is 21.8 Å². The Kier molecular flexibility index (Phi) is 6.96. The lowest BCUT2D eigenvalue weighted by Crippen LogP contribution is -2.21. The third kappa shape index (κ3) is 4.99. The molecule has 0 saturated carbocycles. The van der Waals surface area contributed by atoms with E-state index in [-0.39, 0.29) is 18.5 Å². The lowest BCUT2D eigenvalue weighted by Gasteiger charge is -2.13. The summed E-state index contributed by atoms with van der Waals surface area (Å²) in [6.07, 6.45) is 3.96. The van der Waals surface area contributed by atoms with Crippen molar-refractivity contribution in [3.8, 4) is 5.75 Å². The average molecular weight is 416 g/mol. The molecule has 1 N–H and O–H groups in total. The maximum atomic E-state index is 12.5. The van der Waals surface area contributed by atoms with E-state index >= 15 is 0 Å². The van der Waals surface area contributed by atoms with E-state index in [1.807, 2.05) is 25.1 Å². The molecule has 3 rings (SSSR count). The summed E-state index contributed by atoms with van der Waals surface area (Å²) in [5, 5.41) is 3.45. The largest absolute Gasteiger partial charge is 0.484 e. The number of hydrogen-bond donors (Lipinski definition) is 1. The first-order valence-corrected chi connectivity index (χ1v) is 11.1. The Morgan fingerprint density at radius 2 is 1.97 bits per heavy atom. The van der Waals surface area contributed by atoms with Crippen molar-refractivity contribution < 1.29 is 19.1 Å². The zero-order valence-corrected chi connectivity index (χ0v) is 18.4. The zero-order chi connectivity index (χ0) is 21.0. The number of amides is 1. The van der Waals surface area contributed by atoms with Gasteiger partial charge in [-0.2, -0.15) is 0 Å². The van der Waals surface area contributed by atoms with Crippen molar-refractivity contribution in [3.63, 3.8) is 0 Å². The molecular weight excluding hydrogens is 386 g/mol. The van der Waals surface area contributed by atoms with Crippen LogP contribution in [0.15, 0.2) is 18.2 Å². The van der Waals surface area contributed by atoms with Gasteiger partial charge in [0.2, 0.25) is 0 Å². The molecular formula is C23H29NO4S. The minimum absolute atomic E-state index is 0.106. The fraction of sp³-hybridized carbons (Fsp3) is 0.478. The number of esters is 1. The zero-order valence-electron chi connectivity index (χ0n) is 17.6. The molecule has 5 nitrogen and oxygen atoms in total. The van der Waals surface area contributed by atoms with Crippen LogP contribution >= 0.6 is 11.3 Å². The third-order valence-corrected chi connectivity index (χ3v) is 6.34. The van der Waals surface area contributed by atoms with Crippen molar-refractivity contribution in [1.82, 2.24) is 0 Å². The normalized spacial score (nSPS) is 13.1. The summed E-state index contributed by atoms with van der Waals surface area (Å²) in [7, 11) is 0. The molecule has 1 aromatic carbocycles. The Morgan fingerprint density at radius 3 is 2.66 bits per heavy atom. The van der Waals surface area contributed by atoms with Crippen molar-refractivity contribution in [1.29, 1.82) is 0 Å². The van der Waals surface area contributed by atoms with Gasteiger partial charge in [-0.3, -0.25) is 4.79 Å². The molecule has 0 spiro atoms. The van der Waals surface area contributed by atoms with Gasteiger partial charge in [-0.25, -0.2) is 4.79 Å². The highest BCUT2D eigenvalue weighted by molar-refractivity contribution is 7.17. The van der Waals surface area contributed by atoms with Crippen LogP contribution in [0.3, 0.4) is 0 Å². The van der Waals surface area contributed by atoms with Crippen LogP contribution in [0.5, 0.6) is 5.75 Å². The molecule has 1 aliphatic rings. The van der Waals surface area contributed by atoms with Gasteiger partial charge in [0.05, 0.1) is 12.2 Å². The predicted molar refractivity (Wildman–Crippen MR) is 116 cm³/mol. The summed E-state index contributed by atoms with van der Waals surface area (Å²) in [4.78, 5) is 26.2. The summed E-state index contributed by atoms with van der Waals surface area (Å²) in [6.45, 7) is 8.34. The highest BCUT2D eigenvalue weighted by Gasteiger charge is 2.27. The summed E-state index contributed by atoms with van der Waals surface area (Å²) in [6, 6.07) is 5.89. The molecule has 6 heteroatoms. The number of carbonyl (C=O) groups excluding carboxylic acids is 2. The maximum absolute atomic E-state index is 12.5. The highest BCUT2D eigenvalue weighted by Crippen LogP contribution is 2.38. The predicted octanol–water partition coefficient (Wildman–Crippen LogP) is 5.25. The Balaban J connectivity index is 1.70. The van der Waals surface area contributed by atoms with E-state index in [2.05, 4.69) is 19.2 Å². The van der Waals surface area contributed by atoms with Crippen LogP contribution in [0.25, 0.3) is 0 Å². The molecule has 2 aromatic rings. The number of rotatable bonds is 7. The van der Waals surface area contributed by atoms with Crippen LogP contribution in [0.4, 0.5) is 5.00 Å². The van der Waals surface area contributed by atoms with E-state index in [0.29, 0.717) is 28.8 Å². The number of fused-ring (bicyclic) bond motifs is 1. The van der Waals surface area contributed by atoms with Crippen LogP contribution in [-0.2, 0) is 22.4 Å². The first-order chi connectivity index (χ1) is 13.9. The molecule has 156 valence electrons. The van der Waals surface area contributed by atoms with Crippen molar-refractivity contribution in [2.24, 2.45) is 0 Å². The minimum atomic E-state index is -0.358. The van der Waals surface area contributed by atoms with Crippen LogP contribution in [0, 0.1) is 6.92 Å². The minimum Gasteiger partial charge on any atom is -0.484 e. The topological polar surface area (TPSA) is 64.6 Å². The molecule has 0 atom stereocenters. The SMILES string of the molecule is CCOC(=O)c1c(NC(=O)COc2ccc(C(C)C)c(C)c2)sc2c1CCCC2. The number of nitrogens with one attached hydrogen (secondary N) is 1. The molecule has 1 amide bonds. The molecule has 0 bridgehead atoms. The molecule has 29 heavy (non-hydrogen) atoms. The van der Waals surface area contributed by atoms with Gasteiger partial charge in [0, 0.05) is 4.88 Å². The number of anilines is 1. The fourth-order valence-corrected chi connectivity index (χ4v) is 5.06. The number of thiophene rings is 1. The van der Waals surface area contributed by atoms with E-state index in [9.17, 15) is 9.59 Å². The first kappa shape index (κ1) is 21.4. The molecule has 0 aliphatic heterocycles. The lowest BCUT2D eigenvalue weighted by atomic mass is 9.95. The summed E-state index contributed by atoms with van der Waals surface area (Å²) in [5.41, 5.74) is 3.98. The highest BCUT2D eigenvalue weighted by atomic mass is 32.1. The van der Waals surface area contributed by atoms with Gasteiger partial charge < -0.3 is 14.8 Å². The van der Waals surface area contributed by atoms with Crippen LogP contribution in [0.1, 0.15) is 71.5 Å². The molecule has 0 fully saturated rings. The molecule has 0 unspecified atom stereocenters. The number of benzene rings is 1. The van der Waals surface area contributed by atoms with E-state index in [0.717, 1.165) is 36.8 Å². The fourth-order valence-electron chi connectivity index (χ4n) is 3.77. The van der Waals surface area contributed by atoms with Gasteiger partial charge in [-0.05, 0) is 74.3 Å². The lowest BCUT2D eigenvalue weighted by molar-refractivity contribution is -0.118. The second-order valence-electron chi connectivity index (χ2n) is 7.65. The van der Waals surface area contributed by atoms with E-state index in [4.69, 9.17) is 9.47 Å². The Hall–Kier alpha value is -2.34. The summed E-state index contributed by atoms with van der Waals surface area (Å²) in [5.74, 6) is 0.472. The quantitative estimate of drug-likeness (QED) is 0.627. The van der Waals surface area contributed by atoms with Gasteiger partial charge in [0.25, 0.3) is 5.91 Å². The van der Waals surface area contributed by atoms with E-state index in [1.54, 1.807) is 6.92 Å². The van der Waals surface area contributed by atoms with Gasteiger partial charge >= 0.3 is 5.97 Å². The molecule has 1 aromatic heterocycles. The van der Waals surface area contributed by atoms with Crippen LogP contribution < -0.4 is 10.1 Å². The third-order valence-electron chi connectivity index (χ3n) is 5.14. The molecule has 0 saturated heterocycles. The van der Waals surface area contributed by atoms with E-state index < -0.39 is 0 Å². The van der Waals surface area contributed by atoms with Gasteiger partial charge in [-0.1, -0.05) is 19.9 Å². The van der Waals surface area contributed by atoms with Crippen LogP contribution in [0.2, 0.25) is 0 Å². The van der Waals surface area contributed by atoms with Crippen molar-refractivity contribution in [3.05, 3.63) is 45.3 Å². The smallest absolute Gasteiger partial charge is 0.341 e. The Bertz CT molecular complexity index is 901. The second kappa shape index (κ2) is 9.44. The molecule has 1 aliphatic carbocycles. The Labute approximate surface area is 176 Å². The maximum Gasteiger partial charge on any atom is 0.341 e. The average Bonchev–Trinajstić information content (AvgIpc) is 3.04. The number of aryl methyl sites for hydroxylation is 2. The summed E-state index contributed by atoms with van der Waals surface area (Å²) < 4.78 is 10.9. The number of hydrogen-bond acceptors (Lipinski definition) is 5. The Morgan fingerprint density at radius 1 is 1.21 bits per heavy atom. The van der Waals surface area contributed by atoms with Gasteiger partial charge in [0.1, 0.15) is 10.8 Å². The van der Waals surface area contributed by atoms with Crippen molar-refractivity contribution in [2.45, 2.75) is 59.3 Å². The van der Waals surface area contributed by atoms with Crippen molar-refractivity contribution >= 4 is 28.2 Å². The molecule has 1 heterocycles. The second-order valence-corrected chi connectivity index (χ2v) is 8.75. The first-order valence-electron chi connectivity index (χ1n) is 10.3. The number of ether oxygens (including phenoxy) is 2. The standard InChI is InChI=1S/C23H29NO4S/c1-5-27-23(26)21-18-8-6-7-9-19(18)29-22(21)24-20(25)13-28-16-10-11-17(14(2)3)15(4)12-16/h10-12,14H,5-9,13H2,1-4H3,(H,24,25). The van der Waals surface area contributed by atoms with Gasteiger partial charge in [-0.15, -0.1) is 11.3 Å². The van der Waals surface area contributed by atoms with Crippen LogP contribution in [-0.4, -0.2) is 25.1 Å². The summed E-state index contributed by atoms with van der Waals surface area (Å²) >= 11 is 1.49. The van der Waals surface area contributed by atoms with Crippen molar-refractivity contribution in [2.75, 3.05) is 18.5 Å².